The summed E-state index contributed by atoms with van der Waals surface area (Å²) in [7, 11) is 0. The average Bonchev–Trinajstić information content (AvgIpc) is 3.37. The predicted molar refractivity (Wildman–Crippen MR) is 105 cm³/mol. The topological polar surface area (TPSA) is 79.5 Å². The first-order valence-electron chi connectivity index (χ1n) is 9.40. The van der Waals surface area contributed by atoms with Gasteiger partial charge in [-0.15, -0.1) is 0 Å². The highest BCUT2D eigenvalue weighted by molar-refractivity contribution is 5.83. The van der Waals surface area contributed by atoms with Crippen LogP contribution in [0.25, 0.3) is 16.6 Å². The van der Waals surface area contributed by atoms with Crippen molar-refractivity contribution in [2.45, 2.75) is 32.3 Å². The molecule has 0 aliphatic heterocycles. The van der Waals surface area contributed by atoms with E-state index < -0.39 is 0 Å². The molecule has 5 rings (SSSR count). The molecule has 4 aromatic rings. The lowest BCUT2D eigenvalue weighted by Gasteiger charge is -2.27. The zero-order valence-corrected chi connectivity index (χ0v) is 15.5. The van der Waals surface area contributed by atoms with Crippen LogP contribution in [-0.4, -0.2) is 20.0 Å². The standard InChI is InChI=1S/C22H19N5O/c1-14-7-17-11-26-27(18-12-24-25-13-18)20(17)9-22(14)28-21-4-2-3-16-8-15(10-23)5-6-19(16)21/h5-9,11-13,21H,2-4H2,1H3,(H,24,25). The number of aromatic amines is 1. The summed E-state index contributed by atoms with van der Waals surface area (Å²) in [6.45, 7) is 2.06. The molecule has 0 saturated heterocycles. The number of benzene rings is 2. The van der Waals surface area contributed by atoms with Crippen molar-refractivity contribution in [2.24, 2.45) is 0 Å². The van der Waals surface area contributed by atoms with Crippen LogP contribution >= 0.6 is 0 Å². The Morgan fingerprint density at radius 1 is 1.25 bits per heavy atom. The second kappa shape index (κ2) is 6.54. The van der Waals surface area contributed by atoms with Crippen LogP contribution in [0.5, 0.6) is 5.75 Å². The van der Waals surface area contributed by atoms with E-state index in [0.717, 1.165) is 47.2 Å². The van der Waals surface area contributed by atoms with E-state index in [1.807, 2.05) is 35.3 Å². The molecule has 0 fully saturated rings. The minimum Gasteiger partial charge on any atom is -0.485 e. The molecule has 0 bridgehead atoms. The molecule has 1 aliphatic carbocycles. The summed E-state index contributed by atoms with van der Waals surface area (Å²) in [6.07, 6.45) is 8.44. The summed E-state index contributed by atoms with van der Waals surface area (Å²) in [5.41, 5.74) is 6.07. The highest BCUT2D eigenvalue weighted by atomic mass is 16.5. The molecule has 2 aromatic carbocycles. The maximum atomic E-state index is 9.17. The van der Waals surface area contributed by atoms with Crippen LogP contribution in [0.15, 0.2) is 48.9 Å². The largest absolute Gasteiger partial charge is 0.485 e. The molecular formula is C22H19N5O. The number of H-pyrrole nitrogens is 1. The second-order valence-electron chi connectivity index (χ2n) is 7.21. The molecule has 1 N–H and O–H groups in total. The van der Waals surface area contributed by atoms with E-state index in [9.17, 15) is 0 Å². The molecule has 138 valence electrons. The molecule has 0 spiro atoms. The number of nitrogens with one attached hydrogen (secondary N) is 1. The lowest BCUT2D eigenvalue weighted by molar-refractivity contribution is 0.182. The van der Waals surface area contributed by atoms with E-state index in [2.05, 4.69) is 40.4 Å². The fraction of sp³-hybridized carbons (Fsp3) is 0.227. The highest BCUT2D eigenvalue weighted by Gasteiger charge is 2.23. The van der Waals surface area contributed by atoms with E-state index in [-0.39, 0.29) is 6.10 Å². The number of aromatic nitrogens is 4. The van der Waals surface area contributed by atoms with Crippen LogP contribution in [-0.2, 0) is 6.42 Å². The Morgan fingerprint density at radius 2 is 2.18 bits per heavy atom. The van der Waals surface area contributed by atoms with Crippen LogP contribution in [0.3, 0.4) is 0 Å². The summed E-state index contributed by atoms with van der Waals surface area (Å²) in [5.74, 6) is 0.861. The van der Waals surface area contributed by atoms with Crippen molar-refractivity contribution in [1.29, 1.82) is 5.26 Å². The van der Waals surface area contributed by atoms with E-state index in [4.69, 9.17) is 10.00 Å². The molecule has 6 heteroatoms. The maximum absolute atomic E-state index is 9.17. The van der Waals surface area contributed by atoms with Crippen molar-refractivity contribution < 1.29 is 4.74 Å². The number of aryl methyl sites for hydroxylation is 2. The first-order valence-corrected chi connectivity index (χ1v) is 9.40. The van der Waals surface area contributed by atoms with Gasteiger partial charge in [-0.25, -0.2) is 4.68 Å². The Labute approximate surface area is 162 Å². The SMILES string of the molecule is Cc1cc2cnn(-c3cn[nH]c3)c2cc1OC1CCCc2cc(C#N)ccc21. The van der Waals surface area contributed by atoms with Gasteiger partial charge in [0.05, 0.1) is 29.5 Å². The Hall–Kier alpha value is -3.59. The average molecular weight is 369 g/mol. The van der Waals surface area contributed by atoms with Gasteiger partial charge in [-0.05, 0) is 61.1 Å². The summed E-state index contributed by atoms with van der Waals surface area (Å²) >= 11 is 0. The molecule has 28 heavy (non-hydrogen) atoms. The van der Waals surface area contributed by atoms with Gasteiger partial charge in [-0.2, -0.15) is 15.5 Å². The van der Waals surface area contributed by atoms with Gasteiger partial charge in [-0.1, -0.05) is 6.07 Å². The molecule has 0 saturated carbocycles. The molecule has 0 radical (unpaired) electrons. The van der Waals surface area contributed by atoms with Crippen molar-refractivity contribution in [3.63, 3.8) is 0 Å². The van der Waals surface area contributed by atoms with Crippen molar-refractivity contribution in [3.8, 4) is 17.5 Å². The van der Waals surface area contributed by atoms with Crippen molar-refractivity contribution in [2.75, 3.05) is 0 Å². The fourth-order valence-corrected chi connectivity index (χ4v) is 3.98. The number of fused-ring (bicyclic) bond motifs is 2. The summed E-state index contributed by atoms with van der Waals surface area (Å²) in [4.78, 5) is 0. The smallest absolute Gasteiger partial charge is 0.125 e. The van der Waals surface area contributed by atoms with Crippen LogP contribution in [0.1, 0.15) is 41.2 Å². The first-order chi connectivity index (χ1) is 13.7. The van der Waals surface area contributed by atoms with Gasteiger partial charge in [0, 0.05) is 17.6 Å². The molecular weight excluding hydrogens is 350 g/mol. The normalized spacial score (nSPS) is 15.9. The number of hydrogen-bond acceptors (Lipinski definition) is 4. The number of ether oxygens (including phenoxy) is 1. The van der Waals surface area contributed by atoms with E-state index >= 15 is 0 Å². The monoisotopic (exact) mass is 369 g/mol. The maximum Gasteiger partial charge on any atom is 0.125 e. The third kappa shape index (κ3) is 2.72. The third-order valence-corrected chi connectivity index (χ3v) is 5.39. The fourth-order valence-electron chi connectivity index (χ4n) is 3.98. The van der Waals surface area contributed by atoms with Crippen LogP contribution in [0, 0.1) is 18.3 Å². The molecule has 0 amide bonds. The van der Waals surface area contributed by atoms with Gasteiger partial charge < -0.3 is 4.74 Å². The first kappa shape index (κ1) is 16.6. The lowest BCUT2D eigenvalue weighted by atomic mass is 9.88. The summed E-state index contributed by atoms with van der Waals surface area (Å²) < 4.78 is 8.35. The Bertz CT molecular complexity index is 1200. The Balaban J connectivity index is 1.53. The van der Waals surface area contributed by atoms with E-state index in [0.29, 0.717) is 5.56 Å². The molecule has 1 aliphatic rings. The molecule has 1 atom stereocenters. The van der Waals surface area contributed by atoms with Crippen molar-refractivity contribution >= 4 is 10.9 Å². The number of rotatable bonds is 3. The number of hydrogen-bond donors (Lipinski definition) is 1. The van der Waals surface area contributed by atoms with Crippen LogP contribution in [0.4, 0.5) is 0 Å². The van der Waals surface area contributed by atoms with E-state index in [1.165, 1.54) is 11.1 Å². The molecule has 2 aromatic heterocycles. The third-order valence-electron chi connectivity index (χ3n) is 5.39. The Morgan fingerprint density at radius 3 is 3.00 bits per heavy atom. The summed E-state index contributed by atoms with van der Waals surface area (Å²) in [6, 6.07) is 12.3. The predicted octanol–water partition coefficient (Wildman–Crippen LogP) is 4.39. The minimum atomic E-state index is -0.00191. The highest BCUT2D eigenvalue weighted by Crippen LogP contribution is 2.36. The van der Waals surface area contributed by atoms with Gasteiger partial charge in [0.1, 0.15) is 17.5 Å². The van der Waals surface area contributed by atoms with Crippen LogP contribution in [0.2, 0.25) is 0 Å². The zero-order chi connectivity index (χ0) is 19.1. The van der Waals surface area contributed by atoms with Gasteiger partial charge in [-0.3, -0.25) is 5.10 Å². The minimum absolute atomic E-state index is 0.00191. The second-order valence-corrected chi connectivity index (χ2v) is 7.21. The number of nitrogens with zero attached hydrogens (tertiary/aromatic N) is 4. The van der Waals surface area contributed by atoms with Crippen molar-refractivity contribution in [3.05, 3.63) is 71.2 Å². The summed E-state index contributed by atoms with van der Waals surface area (Å²) in [5, 5.41) is 21.6. The van der Waals surface area contributed by atoms with Gasteiger partial charge in [0.25, 0.3) is 0 Å². The van der Waals surface area contributed by atoms with Gasteiger partial charge in [0.2, 0.25) is 0 Å². The van der Waals surface area contributed by atoms with Crippen LogP contribution < -0.4 is 4.74 Å². The number of nitriles is 1. The molecule has 1 unspecified atom stereocenters. The van der Waals surface area contributed by atoms with Crippen molar-refractivity contribution in [1.82, 2.24) is 20.0 Å². The quantitative estimate of drug-likeness (QED) is 0.581. The van der Waals surface area contributed by atoms with E-state index in [1.54, 1.807) is 6.20 Å². The zero-order valence-electron chi connectivity index (χ0n) is 15.5. The Kier molecular flexibility index (Phi) is 3.87. The molecule has 6 nitrogen and oxygen atoms in total. The van der Waals surface area contributed by atoms with Gasteiger partial charge >= 0.3 is 0 Å². The molecule has 2 heterocycles. The lowest BCUT2D eigenvalue weighted by Crippen LogP contribution is -2.16. The van der Waals surface area contributed by atoms with Gasteiger partial charge in [0.15, 0.2) is 0 Å².